The van der Waals surface area contributed by atoms with Crippen LogP contribution in [0.4, 0.5) is 0 Å². The van der Waals surface area contributed by atoms with Crippen LogP contribution in [0.5, 0.6) is 0 Å². The number of carbonyl (C=O) groups is 1. The van der Waals surface area contributed by atoms with E-state index in [1.807, 2.05) is 0 Å². The third-order valence-electron chi connectivity index (χ3n) is 13.1. The standard InChI is InChI=1S/C55H109NO4/c1-3-5-7-9-11-13-14-15-16-17-18-19-20-21-22-23-24-25-26-27-28-29-30-31-32-33-34-35-36-37-38-39-40-42-44-46-48-50-54(59)56-52(51-57)55(60)53(58)49-47-45-43-41-12-10-8-6-4-2/h41,43,52-53,55,57-58,60H,3-40,42,44-51H2,1-2H3,(H,56,59)/b43-41+. The number of allylic oxidation sites excluding steroid dienone is 2. The Hall–Kier alpha value is -0.910. The van der Waals surface area contributed by atoms with Gasteiger partial charge >= 0.3 is 0 Å². The molecule has 60 heavy (non-hydrogen) atoms. The van der Waals surface area contributed by atoms with Crippen LogP contribution in [-0.2, 0) is 4.79 Å². The van der Waals surface area contributed by atoms with Crippen molar-refractivity contribution in [3.05, 3.63) is 12.2 Å². The van der Waals surface area contributed by atoms with Gasteiger partial charge in [-0.2, -0.15) is 0 Å². The van der Waals surface area contributed by atoms with E-state index in [1.165, 1.54) is 244 Å². The fraction of sp³-hybridized carbons (Fsp3) is 0.945. The minimum atomic E-state index is -1.15. The lowest BCUT2D eigenvalue weighted by molar-refractivity contribution is -0.124. The number of hydrogen-bond acceptors (Lipinski definition) is 4. The Morgan fingerprint density at radius 3 is 0.967 bits per heavy atom. The Labute approximate surface area is 376 Å². The van der Waals surface area contributed by atoms with Gasteiger partial charge in [0, 0.05) is 6.42 Å². The number of aliphatic hydroxyl groups excluding tert-OH is 3. The highest BCUT2D eigenvalue weighted by atomic mass is 16.3. The van der Waals surface area contributed by atoms with Crippen LogP contribution in [0.1, 0.15) is 309 Å². The molecule has 0 aliphatic carbocycles. The molecule has 0 aromatic carbocycles. The predicted octanol–water partition coefficient (Wildman–Crippen LogP) is 16.7. The number of carbonyl (C=O) groups excluding carboxylic acids is 1. The van der Waals surface area contributed by atoms with Gasteiger partial charge in [0.05, 0.1) is 18.8 Å². The topological polar surface area (TPSA) is 89.8 Å². The molecule has 0 aromatic heterocycles. The summed E-state index contributed by atoms with van der Waals surface area (Å²) < 4.78 is 0. The van der Waals surface area contributed by atoms with Gasteiger partial charge in [-0.1, -0.05) is 276 Å². The lowest BCUT2D eigenvalue weighted by Crippen LogP contribution is -2.50. The van der Waals surface area contributed by atoms with Crippen molar-refractivity contribution in [2.24, 2.45) is 0 Å². The molecule has 0 aromatic rings. The molecule has 0 radical (unpaired) electrons. The number of amides is 1. The van der Waals surface area contributed by atoms with E-state index in [1.54, 1.807) is 0 Å². The SMILES string of the molecule is CCCCCC/C=C/CCCC(O)C(O)C(CO)NC(=O)CCCCCCCCCCCCCCCCCCCCCCCCCCCCCCCCCCCCCCC. The number of aliphatic hydroxyl groups is 3. The summed E-state index contributed by atoms with van der Waals surface area (Å²) in [4.78, 5) is 12.4. The van der Waals surface area contributed by atoms with E-state index in [2.05, 4.69) is 31.3 Å². The van der Waals surface area contributed by atoms with Crippen molar-refractivity contribution in [2.45, 2.75) is 327 Å². The molecule has 3 atom stereocenters. The third-order valence-corrected chi connectivity index (χ3v) is 13.1. The van der Waals surface area contributed by atoms with Crippen molar-refractivity contribution in [1.82, 2.24) is 5.32 Å². The van der Waals surface area contributed by atoms with Crippen molar-refractivity contribution >= 4 is 5.91 Å². The van der Waals surface area contributed by atoms with Gasteiger partial charge in [-0.3, -0.25) is 4.79 Å². The molecule has 5 nitrogen and oxygen atoms in total. The number of rotatable bonds is 51. The van der Waals surface area contributed by atoms with Crippen LogP contribution < -0.4 is 5.32 Å². The van der Waals surface area contributed by atoms with Gasteiger partial charge in [-0.15, -0.1) is 0 Å². The molecule has 0 saturated carbocycles. The van der Waals surface area contributed by atoms with E-state index in [0.717, 1.165) is 38.5 Å². The van der Waals surface area contributed by atoms with Crippen LogP contribution in [0.15, 0.2) is 12.2 Å². The number of nitrogens with one attached hydrogen (secondary N) is 1. The molecule has 0 aliphatic heterocycles. The molecular weight excluding hydrogens is 739 g/mol. The number of hydrogen-bond donors (Lipinski definition) is 4. The van der Waals surface area contributed by atoms with Gasteiger partial charge in [0.2, 0.25) is 5.91 Å². The first-order chi connectivity index (χ1) is 29.6. The van der Waals surface area contributed by atoms with Crippen LogP contribution in [0.2, 0.25) is 0 Å². The smallest absolute Gasteiger partial charge is 0.220 e. The zero-order valence-electron chi connectivity index (χ0n) is 40.9. The Morgan fingerprint density at radius 2 is 0.667 bits per heavy atom. The van der Waals surface area contributed by atoms with Gasteiger partial charge < -0.3 is 20.6 Å². The first kappa shape index (κ1) is 59.1. The van der Waals surface area contributed by atoms with Gasteiger partial charge in [-0.25, -0.2) is 0 Å². The van der Waals surface area contributed by atoms with Gasteiger partial charge in [0.15, 0.2) is 0 Å². The van der Waals surface area contributed by atoms with Crippen molar-refractivity contribution in [3.63, 3.8) is 0 Å². The highest BCUT2D eigenvalue weighted by molar-refractivity contribution is 5.76. The number of unbranched alkanes of at least 4 members (excludes halogenated alkanes) is 41. The monoisotopic (exact) mass is 848 g/mol. The van der Waals surface area contributed by atoms with Crippen LogP contribution in [0, 0.1) is 0 Å². The van der Waals surface area contributed by atoms with E-state index in [0.29, 0.717) is 12.8 Å². The van der Waals surface area contributed by atoms with Gasteiger partial charge in [0.25, 0.3) is 0 Å². The highest BCUT2D eigenvalue weighted by Gasteiger charge is 2.26. The molecule has 0 bridgehead atoms. The molecule has 0 heterocycles. The van der Waals surface area contributed by atoms with E-state index in [9.17, 15) is 20.1 Å². The molecule has 0 aliphatic rings. The Bertz CT molecular complexity index is 848. The van der Waals surface area contributed by atoms with Crippen LogP contribution in [0.3, 0.4) is 0 Å². The summed E-state index contributed by atoms with van der Waals surface area (Å²) in [5.74, 6) is -0.150. The van der Waals surface area contributed by atoms with Crippen LogP contribution in [0.25, 0.3) is 0 Å². The summed E-state index contributed by atoms with van der Waals surface area (Å²) in [6, 6.07) is -0.820. The largest absolute Gasteiger partial charge is 0.394 e. The molecule has 3 unspecified atom stereocenters. The summed E-state index contributed by atoms with van der Waals surface area (Å²) in [6.45, 7) is 4.15. The van der Waals surface area contributed by atoms with Gasteiger partial charge in [-0.05, 0) is 38.5 Å². The second-order valence-corrected chi connectivity index (χ2v) is 19.1. The molecular formula is C55H109NO4. The van der Waals surface area contributed by atoms with Crippen molar-refractivity contribution in [3.8, 4) is 0 Å². The molecule has 358 valence electrons. The molecule has 0 saturated heterocycles. The highest BCUT2D eigenvalue weighted by Crippen LogP contribution is 2.18. The van der Waals surface area contributed by atoms with E-state index >= 15 is 0 Å². The molecule has 0 rings (SSSR count). The van der Waals surface area contributed by atoms with E-state index in [4.69, 9.17) is 0 Å². The summed E-state index contributed by atoms with van der Waals surface area (Å²) in [7, 11) is 0. The summed E-state index contributed by atoms with van der Waals surface area (Å²) in [5, 5.41) is 33.4. The maximum Gasteiger partial charge on any atom is 0.220 e. The summed E-state index contributed by atoms with van der Waals surface area (Å²) in [6.07, 6.45) is 62.7. The minimum absolute atomic E-state index is 0.150. The average molecular weight is 848 g/mol. The molecule has 4 N–H and O–H groups in total. The fourth-order valence-corrected chi connectivity index (χ4v) is 8.87. The normalized spacial score (nSPS) is 13.3. The first-order valence-electron chi connectivity index (χ1n) is 27.5. The van der Waals surface area contributed by atoms with E-state index < -0.39 is 18.2 Å². The molecule has 5 heteroatoms. The van der Waals surface area contributed by atoms with Crippen LogP contribution >= 0.6 is 0 Å². The Kier molecular flexibility index (Phi) is 50.0. The average Bonchev–Trinajstić information content (AvgIpc) is 3.25. The molecule has 0 spiro atoms. The van der Waals surface area contributed by atoms with E-state index in [-0.39, 0.29) is 12.5 Å². The maximum atomic E-state index is 12.4. The second kappa shape index (κ2) is 50.7. The maximum absolute atomic E-state index is 12.4. The van der Waals surface area contributed by atoms with Gasteiger partial charge in [0.1, 0.15) is 6.10 Å². The van der Waals surface area contributed by atoms with Crippen molar-refractivity contribution < 1.29 is 20.1 Å². The van der Waals surface area contributed by atoms with Crippen molar-refractivity contribution in [1.29, 1.82) is 0 Å². The Balaban J connectivity index is 3.37. The zero-order chi connectivity index (χ0) is 43.7. The lowest BCUT2D eigenvalue weighted by atomic mass is 10.0. The minimum Gasteiger partial charge on any atom is -0.394 e. The first-order valence-corrected chi connectivity index (χ1v) is 27.5. The molecule has 1 amide bonds. The quantitative estimate of drug-likeness (QED) is 0.0363. The zero-order valence-corrected chi connectivity index (χ0v) is 40.9. The second-order valence-electron chi connectivity index (χ2n) is 19.1. The fourth-order valence-electron chi connectivity index (χ4n) is 8.87. The third kappa shape index (κ3) is 45.1. The van der Waals surface area contributed by atoms with Crippen molar-refractivity contribution in [2.75, 3.05) is 6.61 Å². The summed E-state index contributed by atoms with van der Waals surface area (Å²) in [5.41, 5.74) is 0. The predicted molar refractivity (Wildman–Crippen MR) is 264 cm³/mol. The lowest BCUT2D eigenvalue weighted by Gasteiger charge is -2.26. The summed E-state index contributed by atoms with van der Waals surface area (Å²) >= 11 is 0. The Morgan fingerprint density at radius 1 is 0.400 bits per heavy atom. The molecule has 0 fully saturated rings. The van der Waals surface area contributed by atoms with Crippen LogP contribution in [-0.4, -0.2) is 46.1 Å².